The van der Waals surface area contributed by atoms with Gasteiger partial charge in [-0.2, -0.15) is 5.10 Å². The Morgan fingerprint density at radius 1 is 1.12 bits per heavy atom. The number of hydrogen-bond acceptors (Lipinski definition) is 3. The van der Waals surface area contributed by atoms with Crippen molar-refractivity contribution in [3.8, 4) is 11.3 Å². The van der Waals surface area contributed by atoms with Gasteiger partial charge >= 0.3 is 0 Å². The van der Waals surface area contributed by atoms with E-state index in [1.54, 1.807) is 12.1 Å². The van der Waals surface area contributed by atoms with Crippen molar-refractivity contribution in [2.24, 2.45) is 0 Å². The summed E-state index contributed by atoms with van der Waals surface area (Å²) in [6, 6.07) is 15.3. The molecule has 0 aliphatic heterocycles. The van der Waals surface area contributed by atoms with Gasteiger partial charge in [-0.15, -0.1) is 0 Å². The molecule has 0 fully saturated rings. The summed E-state index contributed by atoms with van der Waals surface area (Å²) >= 11 is 5.92. The van der Waals surface area contributed by atoms with Crippen LogP contribution in [0.4, 0.5) is 5.69 Å². The maximum absolute atomic E-state index is 12.5. The first kappa shape index (κ1) is 17.0. The Labute approximate surface area is 151 Å². The Balaban J connectivity index is 1.70. The second kappa shape index (κ2) is 7.40. The van der Waals surface area contributed by atoms with Crippen molar-refractivity contribution in [3.05, 3.63) is 70.9 Å². The lowest BCUT2D eigenvalue weighted by Crippen LogP contribution is -2.23. The fraction of sp³-hybridized carbons (Fsp3) is 0.158. The van der Waals surface area contributed by atoms with Crippen LogP contribution in [0.25, 0.3) is 11.3 Å². The van der Waals surface area contributed by atoms with Gasteiger partial charge < -0.3 is 10.2 Å². The number of rotatable bonds is 5. The Bertz CT molecular complexity index is 854. The van der Waals surface area contributed by atoms with Crippen LogP contribution < -0.4 is 10.2 Å². The van der Waals surface area contributed by atoms with Gasteiger partial charge in [0.1, 0.15) is 0 Å². The van der Waals surface area contributed by atoms with E-state index in [0.29, 0.717) is 22.8 Å². The summed E-state index contributed by atoms with van der Waals surface area (Å²) in [4.78, 5) is 14.5. The number of anilines is 1. The van der Waals surface area contributed by atoms with E-state index in [0.717, 1.165) is 16.8 Å². The first-order valence-corrected chi connectivity index (χ1v) is 8.26. The normalized spacial score (nSPS) is 10.5. The van der Waals surface area contributed by atoms with Crippen molar-refractivity contribution >= 4 is 23.2 Å². The molecule has 0 bridgehead atoms. The summed E-state index contributed by atoms with van der Waals surface area (Å²) in [6.45, 7) is 0.456. The first-order chi connectivity index (χ1) is 12.0. The fourth-order valence-corrected chi connectivity index (χ4v) is 2.61. The Hall–Kier alpha value is -2.79. The molecule has 128 valence electrons. The summed E-state index contributed by atoms with van der Waals surface area (Å²) < 4.78 is 0. The molecule has 0 saturated carbocycles. The van der Waals surface area contributed by atoms with Gasteiger partial charge in [0.25, 0.3) is 5.91 Å². The molecule has 0 saturated heterocycles. The first-order valence-electron chi connectivity index (χ1n) is 7.88. The molecule has 0 aliphatic carbocycles. The molecule has 0 unspecified atom stereocenters. The number of benzene rings is 2. The average Bonchev–Trinajstić information content (AvgIpc) is 3.10. The molecule has 2 aromatic carbocycles. The molecule has 6 heteroatoms. The molecule has 0 spiro atoms. The monoisotopic (exact) mass is 354 g/mol. The SMILES string of the molecule is CN(C)c1ccc(CNC(=O)c2cn[nH]c2-c2ccc(Cl)cc2)cc1. The van der Waals surface area contributed by atoms with Gasteiger partial charge in [-0.1, -0.05) is 35.9 Å². The van der Waals surface area contributed by atoms with Gasteiger partial charge in [0.2, 0.25) is 0 Å². The fourth-order valence-electron chi connectivity index (χ4n) is 2.48. The second-order valence-corrected chi connectivity index (χ2v) is 6.35. The standard InChI is InChI=1S/C19H19ClN4O/c1-24(2)16-9-3-13(4-10-16)11-21-19(25)17-12-22-23-18(17)14-5-7-15(20)8-6-14/h3-10,12H,11H2,1-2H3,(H,21,25)(H,22,23). The number of H-pyrrole nitrogens is 1. The van der Waals surface area contributed by atoms with E-state index in [-0.39, 0.29) is 5.91 Å². The van der Waals surface area contributed by atoms with Crippen LogP contribution >= 0.6 is 11.6 Å². The molecule has 0 radical (unpaired) electrons. The Morgan fingerprint density at radius 2 is 1.80 bits per heavy atom. The van der Waals surface area contributed by atoms with Gasteiger partial charge in [-0.05, 0) is 29.8 Å². The van der Waals surface area contributed by atoms with E-state index in [2.05, 4.69) is 15.5 Å². The topological polar surface area (TPSA) is 61.0 Å². The lowest BCUT2D eigenvalue weighted by Gasteiger charge is -2.13. The van der Waals surface area contributed by atoms with Gasteiger partial charge in [-0.25, -0.2) is 0 Å². The minimum atomic E-state index is -0.171. The molecule has 3 rings (SSSR count). The third kappa shape index (κ3) is 4.00. The number of amides is 1. The summed E-state index contributed by atoms with van der Waals surface area (Å²) in [5.74, 6) is -0.171. The highest BCUT2D eigenvalue weighted by Crippen LogP contribution is 2.23. The van der Waals surface area contributed by atoms with Crippen molar-refractivity contribution in [2.45, 2.75) is 6.54 Å². The van der Waals surface area contributed by atoms with Crippen molar-refractivity contribution in [1.29, 1.82) is 0 Å². The Morgan fingerprint density at radius 3 is 2.44 bits per heavy atom. The second-order valence-electron chi connectivity index (χ2n) is 5.91. The van der Waals surface area contributed by atoms with Crippen LogP contribution in [0, 0.1) is 0 Å². The summed E-state index contributed by atoms with van der Waals surface area (Å²) in [5.41, 5.74) is 4.21. The lowest BCUT2D eigenvalue weighted by atomic mass is 10.1. The summed E-state index contributed by atoms with van der Waals surface area (Å²) in [6.07, 6.45) is 1.54. The van der Waals surface area contributed by atoms with Crippen LogP contribution in [0.3, 0.4) is 0 Å². The maximum Gasteiger partial charge on any atom is 0.255 e. The molecule has 1 heterocycles. The van der Waals surface area contributed by atoms with Crippen LogP contribution in [0.5, 0.6) is 0 Å². The lowest BCUT2D eigenvalue weighted by molar-refractivity contribution is 0.0951. The van der Waals surface area contributed by atoms with E-state index in [9.17, 15) is 4.79 Å². The van der Waals surface area contributed by atoms with Crippen molar-refractivity contribution < 1.29 is 4.79 Å². The third-order valence-corrected chi connectivity index (χ3v) is 4.17. The van der Waals surface area contributed by atoms with E-state index >= 15 is 0 Å². The number of carbonyl (C=O) groups excluding carboxylic acids is 1. The zero-order valence-electron chi connectivity index (χ0n) is 14.1. The van der Waals surface area contributed by atoms with Gasteiger partial charge in [-0.3, -0.25) is 9.89 Å². The maximum atomic E-state index is 12.5. The number of aromatic nitrogens is 2. The number of carbonyl (C=O) groups is 1. The third-order valence-electron chi connectivity index (χ3n) is 3.92. The van der Waals surface area contributed by atoms with Crippen molar-refractivity contribution in [3.63, 3.8) is 0 Å². The number of nitrogens with one attached hydrogen (secondary N) is 2. The molecule has 1 amide bonds. The van der Waals surface area contributed by atoms with Gasteiger partial charge in [0, 0.05) is 36.9 Å². The highest BCUT2D eigenvalue weighted by Gasteiger charge is 2.15. The van der Waals surface area contributed by atoms with E-state index in [4.69, 9.17) is 11.6 Å². The molecule has 2 N–H and O–H groups in total. The molecule has 5 nitrogen and oxygen atoms in total. The minimum absolute atomic E-state index is 0.171. The predicted octanol–water partition coefficient (Wildman–Crippen LogP) is 3.73. The predicted molar refractivity (Wildman–Crippen MR) is 101 cm³/mol. The summed E-state index contributed by atoms with van der Waals surface area (Å²) in [7, 11) is 3.99. The largest absolute Gasteiger partial charge is 0.378 e. The molecular formula is C19H19ClN4O. The molecule has 0 aliphatic rings. The van der Waals surface area contributed by atoms with Crippen LogP contribution in [0.1, 0.15) is 15.9 Å². The number of aromatic amines is 1. The van der Waals surface area contributed by atoms with Crippen LogP contribution in [0.2, 0.25) is 5.02 Å². The quantitative estimate of drug-likeness (QED) is 0.734. The Kier molecular flexibility index (Phi) is 5.05. The smallest absolute Gasteiger partial charge is 0.255 e. The van der Waals surface area contributed by atoms with Crippen molar-refractivity contribution in [1.82, 2.24) is 15.5 Å². The zero-order chi connectivity index (χ0) is 17.8. The van der Waals surface area contributed by atoms with E-state index < -0.39 is 0 Å². The number of hydrogen-bond donors (Lipinski definition) is 2. The van der Waals surface area contributed by atoms with Gasteiger partial charge in [0.15, 0.2) is 0 Å². The molecule has 25 heavy (non-hydrogen) atoms. The highest BCUT2D eigenvalue weighted by molar-refractivity contribution is 6.30. The molecule has 3 aromatic rings. The zero-order valence-corrected chi connectivity index (χ0v) is 14.8. The highest BCUT2D eigenvalue weighted by atomic mass is 35.5. The number of halogens is 1. The minimum Gasteiger partial charge on any atom is -0.378 e. The molecular weight excluding hydrogens is 336 g/mol. The van der Waals surface area contributed by atoms with E-state index in [1.165, 1.54) is 6.20 Å². The average molecular weight is 355 g/mol. The van der Waals surface area contributed by atoms with Crippen LogP contribution in [0.15, 0.2) is 54.7 Å². The van der Waals surface area contributed by atoms with E-state index in [1.807, 2.05) is 55.4 Å². The summed E-state index contributed by atoms with van der Waals surface area (Å²) in [5, 5.41) is 10.5. The van der Waals surface area contributed by atoms with Crippen LogP contribution in [-0.4, -0.2) is 30.2 Å². The number of nitrogens with zero attached hydrogens (tertiary/aromatic N) is 2. The molecule has 0 atom stereocenters. The van der Waals surface area contributed by atoms with Crippen molar-refractivity contribution in [2.75, 3.05) is 19.0 Å². The van der Waals surface area contributed by atoms with Crippen LogP contribution in [-0.2, 0) is 6.54 Å². The molecule has 1 aromatic heterocycles. The van der Waals surface area contributed by atoms with Gasteiger partial charge in [0.05, 0.1) is 17.5 Å².